The molecule has 0 bridgehead atoms. The number of nitrogens with one attached hydrogen (secondary N) is 1. The van der Waals surface area contributed by atoms with Crippen LogP contribution < -0.4 is 10.1 Å². The third-order valence-corrected chi connectivity index (χ3v) is 3.20. The molecule has 96 valence electrons. The van der Waals surface area contributed by atoms with Crippen molar-refractivity contribution < 1.29 is 4.74 Å². The lowest BCUT2D eigenvalue weighted by atomic mass is 10.2. The minimum Gasteiger partial charge on any atom is -0.491 e. The molecule has 0 amide bonds. The van der Waals surface area contributed by atoms with E-state index in [4.69, 9.17) is 4.74 Å². The van der Waals surface area contributed by atoms with E-state index in [2.05, 4.69) is 47.2 Å². The van der Waals surface area contributed by atoms with Crippen LogP contribution in [0.3, 0.4) is 0 Å². The van der Waals surface area contributed by atoms with Gasteiger partial charge in [-0.15, -0.1) is 0 Å². The number of rotatable bonds is 8. The molecule has 1 N–H and O–H groups in total. The maximum absolute atomic E-state index is 5.69. The van der Waals surface area contributed by atoms with Crippen molar-refractivity contribution in [2.45, 2.75) is 33.1 Å². The number of aryl methyl sites for hydroxylation is 1. The molecule has 0 aliphatic carbocycles. The van der Waals surface area contributed by atoms with Gasteiger partial charge in [0.2, 0.25) is 0 Å². The number of unbranched alkanes of at least 4 members (excludes halogenated alkanes) is 2. The predicted molar refractivity (Wildman–Crippen MR) is 76.8 cm³/mol. The van der Waals surface area contributed by atoms with Crippen LogP contribution in [-0.2, 0) is 0 Å². The van der Waals surface area contributed by atoms with Crippen molar-refractivity contribution in [3.8, 4) is 5.75 Å². The molecular formula is C14H22BrNO. The smallest absolute Gasteiger partial charge is 0.133 e. The second-order valence-corrected chi connectivity index (χ2v) is 5.09. The summed E-state index contributed by atoms with van der Waals surface area (Å²) < 4.78 is 6.72. The second-order valence-electron chi connectivity index (χ2n) is 4.24. The summed E-state index contributed by atoms with van der Waals surface area (Å²) in [5, 5.41) is 3.38. The maximum Gasteiger partial charge on any atom is 0.133 e. The van der Waals surface area contributed by atoms with Crippen LogP contribution in [0.25, 0.3) is 0 Å². The Bertz CT molecular complexity index is 328. The molecule has 1 rings (SSSR count). The van der Waals surface area contributed by atoms with Gasteiger partial charge in [0, 0.05) is 6.54 Å². The number of hydrogen-bond acceptors (Lipinski definition) is 2. The van der Waals surface area contributed by atoms with Crippen LogP contribution in [0.1, 0.15) is 31.7 Å². The van der Waals surface area contributed by atoms with Gasteiger partial charge in [-0.3, -0.25) is 0 Å². The lowest BCUT2D eigenvalue weighted by molar-refractivity contribution is 0.311. The second kappa shape index (κ2) is 8.54. The molecule has 17 heavy (non-hydrogen) atoms. The molecule has 2 nitrogen and oxygen atoms in total. The lowest BCUT2D eigenvalue weighted by Crippen LogP contribution is -2.22. The Balaban J connectivity index is 2.14. The molecule has 0 saturated heterocycles. The summed E-state index contributed by atoms with van der Waals surface area (Å²) in [6.07, 6.45) is 3.83. The number of halogens is 1. The molecule has 0 fully saturated rings. The van der Waals surface area contributed by atoms with Crippen LogP contribution in [0, 0.1) is 6.92 Å². The molecule has 3 heteroatoms. The van der Waals surface area contributed by atoms with E-state index in [1.165, 1.54) is 24.8 Å². The Labute approximate surface area is 113 Å². The third-order valence-electron chi connectivity index (χ3n) is 2.58. The third kappa shape index (κ3) is 6.08. The Hall–Kier alpha value is -0.540. The van der Waals surface area contributed by atoms with Gasteiger partial charge in [0.25, 0.3) is 0 Å². The van der Waals surface area contributed by atoms with Crippen molar-refractivity contribution in [1.82, 2.24) is 5.32 Å². The first kappa shape index (κ1) is 14.5. The van der Waals surface area contributed by atoms with Crippen molar-refractivity contribution in [3.63, 3.8) is 0 Å². The highest BCUT2D eigenvalue weighted by Gasteiger charge is 2.00. The van der Waals surface area contributed by atoms with Gasteiger partial charge in [-0.05, 0) is 53.5 Å². The molecule has 0 aromatic heterocycles. The van der Waals surface area contributed by atoms with Crippen LogP contribution in [0.5, 0.6) is 5.75 Å². The molecule has 1 aromatic carbocycles. The van der Waals surface area contributed by atoms with Crippen LogP contribution in [0.15, 0.2) is 22.7 Å². The molecular weight excluding hydrogens is 278 g/mol. The fourth-order valence-electron chi connectivity index (χ4n) is 1.58. The van der Waals surface area contributed by atoms with Gasteiger partial charge in [0.05, 0.1) is 4.47 Å². The van der Waals surface area contributed by atoms with Crippen LogP contribution in [0.2, 0.25) is 0 Å². The van der Waals surface area contributed by atoms with Crippen molar-refractivity contribution >= 4 is 15.9 Å². The van der Waals surface area contributed by atoms with Crippen molar-refractivity contribution in [2.24, 2.45) is 0 Å². The quantitative estimate of drug-likeness (QED) is 0.735. The zero-order valence-electron chi connectivity index (χ0n) is 10.8. The lowest BCUT2D eigenvalue weighted by Gasteiger charge is -2.09. The van der Waals surface area contributed by atoms with E-state index in [1.807, 2.05) is 6.07 Å². The van der Waals surface area contributed by atoms with Gasteiger partial charge in [0.15, 0.2) is 0 Å². The van der Waals surface area contributed by atoms with E-state index in [9.17, 15) is 0 Å². The minimum absolute atomic E-state index is 0.716. The Morgan fingerprint density at radius 1 is 1.24 bits per heavy atom. The Kier molecular flexibility index (Phi) is 7.29. The maximum atomic E-state index is 5.69. The van der Waals surface area contributed by atoms with Gasteiger partial charge in [-0.2, -0.15) is 0 Å². The standard InChI is InChI=1S/C14H22BrNO/c1-3-4-5-8-16-9-10-17-14-7-6-12(2)11-13(14)15/h6-7,11,16H,3-5,8-10H2,1-2H3. The first-order valence-electron chi connectivity index (χ1n) is 6.33. The summed E-state index contributed by atoms with van der Waals surface area (Å²) in [7, 11) is 0. The summed E-state index contributed by atoms with van der Waals surface area (Å²) in [6.45, 7) is 7.01. The van der Waals surface area contributed by atoms with Gasteiger partial charge < -0.3 is 10.1 Å². The normalized spacial score (nSPS) is 10.5. The molecule has 0 aliphatic rings. The van der Waals surface area contributed by atoms with Crippen LogP contribution >= 0.6 is 15.9 Å². The Morgan fingerprint density at radius 3 is 2.76 bits per heavy atom. The van der Waals surface area contributed by atoms with Crippen molar-refractivity contribution in [1.29, 1.82) is 0 Å². The molecule has 0 atom stereocenters. The van der Waals surface area contributed by atoms with E-state index >= 15 is 0 Å². The highest BCUT2D eigenvalue weighted by molar-refractivity contribution is 9.10. The molecule has 0 heterocycles. The monoisotopic (exact) mass is 299 g/mol. The summed E-state index contributed by atoms with van der Waals surface area (Å²) in [5.41, 5.74) is 1.24. The van der Waals surface area contributed by atoms with Crippen LogP contribution in [0.4, 0.5) is 0 Å². The molecule has 0 spiro atoms. The van der Waals surface area contributed by atoms with Gasteiger partial charge in [0.1, 0.15) is 12.4 Å². The average molecular weight is 300 g/mol. The molecule has 1 aromatic rings. The first-order valence-corrected chi connectivity index (χ1v) is 7.13. The highest BCUT2D eigenvalue weighted by atomic mass is 79.9. The predicted octanol–water partition coefficient (Wildman–Crippen LogP) is 3.92. The molecule has 0 radical (unpaired) electrons. The number of hydrogen-bond donors (Lipinski definition) is 1. The minimum atomic E-state index is 0.716. The SMILES string of the molecule is CCCCCNCCOc1ccc(C)cc1Br. The fourth-order valence-corrected chi connectivity index (χ4v) is 2.19. The van der Waals surface area contributed by atoms with E-state index in [0.717, 1.165) is 23.3 Å². The summed E-state index contributed by atoms with van der Waals surface area (Å²) in [4.78, 5) is 0. The van der Waals surface area contributed by atoms with E-state index < -0.39 is 0 Å². The van der Waals surface area contributed by atoms with E-state index in [-0.39, 0.29) is 0 Å². The Morgan fingerprint density at radius 2 is 2.06 bits per heavy atom. The summed E-state index contributed by atoms with van der Waals surface area (Å²) >= 11 is 3.51. The van der Waals surface area contributed by atoms with Gasteiger partial charge >= 0.3 is 0 Å². The van der Waals surface area contributed by atoms with Gasteiger partial charge in [-0.1, -0.05) is 25.8 Å². The molecule has 0 unspecified atom stereocenters. The zero-order chi connectivity index (χ0) is 12.5. The van der Waals surface area contributed by atoms with Gasteiger partial charge in [-0.25, -0.2) is 0 Å². The topological polar surface area (TPSA) is 21.3 Å². The number of benzene rings is 1. The average Bonchev–Trinajstić information content (AvgIpc) is 2.30. The first-order chi connectivity index (χ1) is 8.24. The zero-order valence-corrected chi connectivity index (χ0v) is 12.3. The van der Waals surface area contributed by atoms with E-state index in [0.29, 0.717) is 6.61 Å². The van der Waals surface area contributed by atoms with E-state index in [1.54, 1.807) is 0 Å². The summed E-state index contributed by atoms with van der Waals surface area (Å²) in [5.74, 6) is 0.922. The largest absolute Gasteiger partial charge is 0.491 e. The highest BCUT2D eigenvalue weighted by Crippen LogP contribution is 2.25. The molecule has 0 saturated carbocycles. The fraction of sp³-hybridized carbons (Fsp3) is 0.571. The van der Waals surface area contributed by atoms with Crippen molar-refractivity contribution in [2.75, 3.05) is 19.7 Å². The van der Waals surface area contributed by atoms with Crippen molar-refractivity contribution in [3.05, 3.63) is 28.2 Å². The molecule has 0 aliphatic heterocycles. The van der Waals surface area contributed by atoms with Crippen LogP contribution in [-0.4, -0.2) is 19.7 Å². The number of ether oxygens (including phenoxy) is 1. The summed E-state index contributed by atoms with van der Waals surface area (Å²) in [6, 6.07) is 6.15.